The molecule has 1 saturated carbocycles. The van der Waals surface area contributed by atoms with Crippen LogP contribution in [-0.2, 0) is 0 Å². The van der Waals surface area contributed by atoms with Gasteiger partial charge in [-0.1, -0.05) is 19.3 Å². The minimum absolute atomic E-state index is 0.425. The van der Waals surface area contributed by atoms with Gasteiger partial charge in [0.05, 0.1) is 14.7 Å². The van der Waals surface area contributed by atoms with E-state index < -0.39 is 0 Å². The molecule has 0 radical (unpaired) electrons. The number of hydrazine groups is 1. The second kappa shape index (κ2) is 6.31. The second-order valence-electron chi connectivity index (χ2n) is 4.15. The van der Waals surface area contributed by atoms with E-state index in [9.17, 15) is 0 Å². The van der Waals surface area contributed by atoms with Gasteiger partial charge in [0.25, 0.3) is 0 Å². The molecule has 1 heterocycles. The van der Waals surface area contributed by atoms with Crippen molar-refractivity contribution >= 4 is 49.0 Å². The summed E-state index contributed by atoms with van der Waals surface area (Å²) in [6, 6.07) is 2.46. The van der Waals surface area contributed by atoms with Crippen LogP contribution in [-0.4, -0.2) is 11.9 Å². The fourth-order valence-corrected chi connectivity index (χ4v) is 4.02. The number of halogens is 2. The van der Waals surface area contributed by atoms with E-state index in [1.165, 1.54) is 32.1 Å². The summed E-state index contributed by atoms with van der Waals surface area (Å²) >= 11 is 8.60. The van der Waals surface area contributed by atoms with E-state index >= 15 is 0 Å². The molecule has 0 amide bonds. The van der Waals surface area contributed by atoms with E-state index in [-0.39, 0.29) is 0 Å². The average Bonchev–Trinajstić information content (AvgIpc) is 2.68. The lowest BCUT2D eigenvalue weighted by Gasteiger charge is -2.18. The fraction of sp³-hybridized carbons (Fsp3) is 0.545. The van der Waals surface area contributed by atoms with E-state index in [0.29, 0.717) is 6.04 Å². The molecule has 1 aliphatic carbocycles. The number of nitrogens with two attached hydrogens (primary N) is 1. The lowest BCUT2D eigenvalue weighted by atomic mass is 9.96. The van der Waals surface area contributed by atoms with Crippen LogP contribution < -0.4 is 11.3 Å². The lowest BCUT2D eigenvalue weighted by Crippen LogP contribution is -2.32. The van der Waals surface area contributed by atoms with Crippen LogP contribution >= 0.6 is 43.2 Å². The Morgan fingerprint density at radius 2 is 2.06 bits per heavy atom. The first-order valence-corrected chi connectivity index (χ1v) is 8.10. The van der Waals surface area contributed by atoms with E-state index in [0.717, 1.165) is 19.0 Å². The third-order valence-electron chi connectivity index (χ3n) is 2.90. The van der Waals surface area contributed by atoms with Gasteiger partial charge in [-0.2, -0.15) is 0 Å². The van der Waals surface area contributed by atoms with Gasteiger partial charge in [-0.15, -0.1) is 11.3 Å². The normalized spacial score (nSPS) is 18.4. The Morgan fingerprint density at radius 3 is 2.59 bits per heavy atom. The maximum atomic E-state index is 5.58. The standard InChI is InChI=1S/C11H15Br2N3S/c12-8-6-9(17-10(8)13)11(16-14)15-7-4-2-1-3-5-7/h6-7H,1-5,14H2,(H,15,16). The summed E-state index contributed by atoms with van der Waals surface area (Å²) in [7, 11) is 0. The van der Waals surface area contributed by atoms with Crippen molar-refractivity contribution in [3.8, 4) is 0 Å². The van der Waals surface area contributed by atoms with Crippen LogP contribution in [0.5, 0.6) is 0 Å². The summed E-state index contributed by atoms with van der Waals surface area (Å²) in [6.45, 7) is 0. The molecule has 0 aromatic carbocycles. The van der Waals surface area contributed by atoms with E-state index in [4.69, 9.17) is 10.8 Å². The molecule has 1 aromatic heterocycles. The molecule has 17 heavy (non-hydrogen) atoms. The first-order chi connectivity index (χ1) is 8.20. The van der Waals surface area contributed by atoms with Crippen molar-refractivity contribution in [2.24, 2.45) is 10.8 Å². The molecule has 0 aliphatic heterocycles. The van der Waals surface area contributed by atoms with Crippen LogP contribution in [0.3, 0.4) is 0 Å². The molecule has 3 nitrogen and oxygen atoms in total. The summed E-state index contributed by atoms with van der Waals surface area (Å²) in [6.07, 6.45) is 6.26. The molecular formula is C11H15Br2N3S. The molecule has 6 heteroatoms. The molecule has 0 saturated heterocycles. The van der Waals surface area contributed by atoms with E-state index in [1.54, 1.807) is 11.3 Å². The van der Waals surface area contributed by atoms with Gasteiger partial charge in [-0.25, -0.2) is 5.84 Å². The highest BCUT2D eigenvalue weighted by Crippen LogP contribution is 2.32. The smallest absolute Gasteiger partial charge is 0.153 e. The largest absolute Gasteiger partial charge is 0.308 e. The Labute approximate surface area is 122 Å². The molecule has 3 N–H and O–H groups in total. The SMILES string of the molecule is NNC(=NC1CCCCC1)c1cc(Br)c(Br)s1. The third-order valence-corrected chi connectivity index (χ3v) is 6.16. The average molecular weight is 381 g/mol. The maximum Gasteiger partial charge on any atom is 0.153 e. The Hall–Kier alpha value is 0.0900. The number of hydrogen-bond acceptors (Lipinski definition) is 3. The van der Waals surface area contributed by atoms with Crippen LogP contribution in [0.15, 0.2) is 19.3 Å². The number of nitrogens with one attached hydrogen (secondary N) is 1. The Bertz CT molecular complexity index is 391. The molecule has 0 atom stereocenters. The molecule has 0 spiro atoms. The third kappa shape index (κ3) is 3.53. The fourth-order valence-electron chi connectivity index (χ4n) is 2.03. The topological polar surface area (TPSA) is 50.4 Å². The van der Waals surface area contributed by atoms with Crippen LogP contribution in [0, 0.1) is 0 Å². The number of amidine groups is 1. The van der Waals surface area contributed by atoms with Crippen molar-refractivity contribution in [2.45, 2.75) is 38.1 Å². The van der Waals surface area contributed by atoms with E-state index in [2.05, 4.69) is 37.3 Å². The van der Waals surface area contributed by atoms with Gasteiger partial charge in [0.2, 0.25) is 0 Å². The maximum absolute atomic E-state index is 5.58. The zero-order chi connectivity index (χ0) is 12.3. The van der Waals surface area contributed by atoms with Gasteiger partial charge in [0.15, 0.2) is 5.84 Å². The van der Waals surface area contributed by atoms with Gasteiger partial charge in [-0.3, -0.25) is 4.99 Å². The highest BCUT2D eigenvalue weighted by Gasteiger charge is 2.15. The van der Waals surface area contributed by atoms with Gasteiger partial charge in [0, 0.05) is 4.47 Å². The molecule has 0 bridgehead atoms. The summed E-state index contributed by atoms with van der Waals surface area (Å²) in [5, 5.41) is 0. The van der Waals surface area contributed by atoms with Crippen molar-refractivity contribution in [1.82, 2.24) is 5.43 Å². The predicted molar refractivity (Wildman–Crippen MR) is 80.5 cm³/mol. The molecule has 1 aromatic rings. The number of aliphatic imine (C=N–C) groups is 1. The second-order valence-corrected chi connectivity index (χ2v) is 7.37. The first kappa shape index (κ1) is 13.5. The molecule has 1 aliphatic rings. The van der Waals surface area contributed by atoms with Crippen molar-refractivity contribution in [2.75, 3.05) is 0 Å². The zero-order valence-electron chi connectivity index (χ0n) is 9.38. The highest BCUT2D eigenvalue weighted by molar-refractivity contribution is 9.13. The Balaban J connectivity index is 2.16. The van der Waals surface area contributed by atoms with Crippen molar-refractivity contribution in [3.63, 3.8) is 0 Å². The number of nitrogens with zero attached hydrogens (tertiary/aromatic N) is 1. The number of hydrogen-bond donors (Lipinski definition) is 2. The summed E-state index contributed by atoms with van der Waals surface area (Å²) < 4.78 is 2.11. The van der Waals surface area contributed by atoms with Crippen molar-refractivity contribution in [3.05, 3.63) is 19.2 Å². The van der Waals surface area contributed by atoms with Crippen LogP contribution in [0.4, 0.5) is 0 Å². The van der Waals surface area contributed by atoms with Gasteiger partial charge < -0.3 is 5.43 Å². The lowest BCUT2D eigenvalue weighted by molar-refractivity contribution is 0.442. The summed E-state index contributed by atoms with van der Waals surface area (Å²) in [4.78, 5) is 5.79. The van der Waals surface area contributed by atoms with Crippen LogP contribution in [0.1, 0.15) is 37.0 Å². The van der Waals surface area contributed by atoms with Crippen LogP contribution in [0.2, 0.25) is 0 Å². The van der Waals surface area contributed by atoms with Crippen LogP contribution in [0.25, 0.3) is 0 Å². The molecule has 94 valence electrons. The number of rotatable bonds is 2. The first-order valence-electron chi connectivity index (χ1n) is 5.70. The summed E-state index contributed by atoms with van der Waals surface area (Å²) in [5.74, 6) is 6.38. The number of thiophene rings is 1. The Morgan fingerprint density at radius 1 is 1.35 bits per heavy atom. The van der Waals surface area contributed by atoms with E-state index in [1.807, 2.05) is 6.07 Å². The van der Waals surface area contributed by atoms with Gasteiger partial charge in [0.1, 0.15) is 0 Å². The molecular weight excluding hydrogens is 366 g/mol. The predicted octanol–water partition coefficient (Wildman–Crippen LogP) is 3.82. The zero-order valence-corrected chi connectivity index (χ0v) is 13.4. The molecule has 2 rings (SSSR count). The highest BCUT2D eigenvalue weighted by atomic mass is 79.9. The molecule has 0 unspecified atom stereocenters. The molecule has 1 fully saturated rings. The minimum Gasteiger partial charge on any atom is -0.308 e. The van der Waals surface area contributed by atoms with Gasteiger partial charge >= 0.3 is 0 Å². The minimum atomic E-state index is 0.425. The van der Waals surface area contributed by atoms with Crippen molar-refractivity contribution in [1.29, 1.82) is 0 Å². The summed E-state index contributed by atoms with van der Waals surface area (Å²) in [5.41, 5.74) is 2.72. The quantitative estimate of drug-likeness (QED) is 0.354. The Kier molecular flexibility index (Phi) is 5.02. The van der Waals surface area contributed by atoms with Gasteiger partial charge in [-0.05, 0) is 50.8 Å². The van der Waals surface area contributed by atoms with Crippen molar-refractivity contribution < 1.29 is 0 Å². The monoisotopic (exact) mass is 379 g/mol.